The molecule has 1 amide bonds. The van der Waals surface area contributed by atoms with Gasteiger partial charge in [-0.1, -0.05) is 20.8 Å². The minimum Gasteiger partial charge on any atom is -0.453 e. The average molecular weight is 231 g/mol. The molecular weight excluding hydrogens is 210 g/mol. The van der Waals surface area contributed by atoms with E-state index < -0.39 is 17.6 Å². The van der Waals surface area contributed by atoms with Crippen LogP contribution in [0.2, 0.25) is 0 Å². The number of Topliss-reactive ketones (excluding diaryl/α,β-unsaturated/α-hetero) is 1. The van der Waals surface area contributed by atoms with Crippen LogP contribution in [0.5, 0.6) is 0 Å². The van der Waals surface area contributed by atoms with Crippen LogP contribution in [-0.4, -0.2) is 38.7 Å². The summed E-state index contributed by atoms with van der Waals surface area (Å²) in [6.07, 6.45) is 0.0804. The van der Waals surface area contributed by atoms with Gasteiger partial charge in [-0.15, -0.1) is 0 Å². The molecule has 0 bridgehead atoms. The Kier molecular flexibility index (Phi) is 6.03. The second-order valence-corrected chi connectivity index (χ2v) is 4.25. The predicted molar refractivity (Wildman–Crippen MR) is 60.3 cm³/mol. The van der Waals surface area contributed by atoms with Crippen molar-refractivity contribution in [3.05, 3.63) is 0 Å². The van der Waals surface area contributed by atoms with E-state index in [0.717, 1.165) is 0 Å². The van der Waals surface area contributed by atoms with Gasteiger partial charge in [-0.3, -0.25) is 4.79 Å². The molecule has 0 saturated heterocycles. The van der Waals surface area contributed by atoms with Crippen LogP contribution in [0, 0.1) is 5.41 Å². The summed E-state index contributed by atoms with van der Waals surface area (Å²) in [5, 5.41) is 2.47. The highest BCUT2D eigenvalue weighted by molar-refractivity contribution is 5.91. The van der Waals surface area contributed by atoms with Gasteiger partial charge in [0.2, 0.25) is 0 Å². The third-order valence-corrected chi connectivity index (χ3v) is 2.68. The number of hydrogen-bond donors (Lipinski definition) is 1. The quantitative estimate of drug-likeness (QED) is 0.749. The molecule has 94 valence electrons. The smallest absolute Gasteiger partial charge is 0.407 e. The summed E-state index contributed by atoms with van der Waals surface area (Å²) >= 11 is 0. The van der Waals surface area contributed by atoms with E-state index >= 15 is 0 Å². The number of amides is 1. The van der Waals surface area contributed by atoms with Gasteiger partial charge in [-0.2, -0.15) is 0 Å². The van der Waals surface area contributed by atoms with Gasteiger partial charge in [-0.25, -0.2) is 4.79 Å². The number of ketones is 1. The van der Waals surface area contributed by atoms with Gasteiger partial charge in [0.25, 0.3) is 0 Å². The molecule has 5 heteroatoms. The average Bonchev–Trinajstić information content (AvgIpc) is 2.27. The zero-order valence-corrected chi connectivity index (χ0v) is 10.6. The number of carbonyl (C=O) groups is 2. The van der Waals surface area contributed by atoms with Gasteiger partial charge >= 0.3 is 6.09 Å². The molecule has 0 aromatic heterocycles. The second-order valence-electron chi connectivity index (χ2n) is 4.25. The van der Waals surface area contributed by atoms with Crippen molar-refractivity contribution in [2.45, 2.75) is 33.2 Å². The molecule has 0 aliphatic carbocycles. The van der Waals surface area contributed by atoms with Crippen molar-refractivity contribution in [1.82, 2.24) is 5.32 Å². The van der Waals surface area contributed by atoms with Crippen molar-refractivity contribution in [2.24, 2.45) is 5.41 Å². The normalized spacial score (nSPS) is 13.1. The number of alkyl carbamates (subject to hydrolysis) is 1. The predicted octanol–water partition coefficient (Wildman–Crippen LogP) is 1.36. The Morgan fingerprint density at radius 3 is 2.25 bits per heavy atom. The summed E-state index contributed by atoms with van der Waals surface area (Å²) in [5.74, 6) is -0.0535. The molecule has 0 aliphatic heterocycles. The Labute approximate surface area is 96.5 Å². The first-order chi connectivity index (χ1) is 7.38. The fourth-order valence-corrected chi connectivity index (χ4v) is 1.20. The van der Waals surface area contributed by atoms with Gasteiger partial charge in [0.15, 0.2) is 5.78 Å². The SMILES string of the molecule is CCC(C)(C)C(=O)[C@H](COC)NC(=O)OC. The molecule has 0 aromatic rings. The van der Waals surface area contributed by atoms with Crippen LogP contribution in [-0.2, 0) is 14.3 Å². The van der Waals surface area contributed by atoms with Crippen molar-refractivity contribution in [3.63, 3.8) is 0 Å². The van der Waals surface area contributed by atoms with E-state index in [-0.39, 0.29) is 12.4 Å². The van der Waals surface area contributed by atoms with Crippen molar-refractivity contribution >= 4 is 11.9 Å². The third-order valence-electron chi connectivity index (χ3n) is 2.68. The molecule has 0 aromatic carbocycles. The molecule has 0 fully saturated rings. The van der Waals surface area contributed by atoms with E-state index in [9.17, 15) is 9.59 Å². The Morgan fingerprint density at radius 2 is 1.88 bits per heavy atom. The summed E-state index contributed by atoms with van der Waals surface area (Å²) in [6.45, 7) is 5.77. The van der Waals surface area contributed by atoms with Gasteiger partial charge in [0.1, 0.15) is 6.04 Å². The van der Waals surface area contributed by atoms with Crippen LogP contribution in [0.1, 0.15) is 27.2 Å². The standard InChI is InChI=1S/C11H21NO4/c1-6-11(2,3)9(13)8(7-15-4)12-10(14)16-5/h8H,6-7H2,1-5H3,(H,12,14)/t8-/m0/s1. The van der Waals surface area contributed by atoms with E-state index in [1.54, 1.807) is 0 Å². The largest absolute Gasteiger partial charge is 0.453 e. The Bertz CT molecular complexity index is 250. The minimum absolute atomic E-state index is 0.0535. The molecule has 0 unspecified atom stereocenters. The molecule has 0 heterocycles. The Balaban J connectivity index is 4.64. The van der Waals surface area contributed by atoms with Gasteiger partial charge in [0.05, 0.1) is 13.7 Å². The van der Waals surface area contributed by atoms with E-state index in [1.165, 1.54) is 14.2 Å². The maximum Gasteiger partial charge on any atom is 0.407 e. The number of nitrogens with one attached hydrogen (secondary N) is 1. The molecule has 1 atom stereocenters. The zero-order chi connectivity index (χ0) is 12.8. The molecule has 1 N–H and O–H groups in total. The molecule has 5 nitrogen and oxygen atoms in total. The summed E-state index contributed by atoms with van der Waals surface area (Å²) < 4.78 is 9.38. The summed E-state index contributed by atoms with van der Waals surface area (Å²) in [6, 6.07) is -0.660. The Hall–Kier alpha value is -1.10. The van der Waals surface area contributed by atoms with Gasteiger partial charge < -0.3 is 14.8 Å². The van der Waals surface area contributed by atoms with Crippen LogP contribution in [0.15, 0.2) is 0 Å². The summed E-state index contributed by atoms with van der Waals surface area (Å²) in [5.41, 5.74) is -0.482. The molecule has 0 saturated carbocycles. The monoisotopic (exact) mass is 231 g/mol. The first kappa shape index (κ1) is 14.9. The minimum atomic E-state index is -0.660. The third kappa shape index (κ3) is 4.18. The lowest BCUT2D eigenvalue weighted by Crippen LogP contribution is -2.48. The zero-order valence-electron chi connectivity index (χ0n) is 10.6. The molecular formula is C11H21NO4. The maximum atomic E-state index is 12.1. The summed E-state index contributed by atoms with van der Waals surface area (Å²) in [4.78, 5) is 23.2. The Morgan fingerprint density at radius 1 is 1.31 bits per heavy atom. The number of rotatable bonds is 6. The number of methoxy groups -OCH3 is 2. The number of ether oxygens (including phenoxy) is 2. The van der Waals surface area contributed by atoms with Crippen LogP contribution < -0.4 is 5.32 Å². The van der Waals surface area contributed by atoms with Crippen molar-refractivity contribution < 1.29 is 19.1 Å². The molecule has 0 rings (SSSR count). The number of carbonyl (C=O) groups excluding carboxylic acids is 2. The lowest BCUT2D eigenvalue weighted by atomic mass is 9.82. The van der Waals surface area contributed by atoms with E-state index in [2.05, 4.69) is 10.1 Å². The number of hydrogen-bond acceptors (Lipinski definition) is 4. The van der Waals surface area contributed by atoms with Crippen LogP contribution in [0.3, 0.4) is 0 Å². The molecule has 16 heavy (non-hydrogen) atoms. The fraction of sp³-hybridized carbons (Fsp3) is 0.818. The van der Waals surface area contributed by atoms with Gasteiger partial charge in [0, 0.05) is 12.5 Å². The van der Waals surface area contributed by atoms with E-state index in [0.29, 0.717) is 6.42 Å². The second kappa shape index (κ2) is 6.48. The first-order valence-electron chi connectivity index (χ1n) is 5.26. The highest BCUT2D eigenvalue weighted by atomic mass is 16.5. The maximum absolute atomic E-state index is 12.1. The lowest BCUT2D eigenvalue weighted by Gasteiger charge is -2.26. The van der Waals surface area contributed by atoms with E-state index in [4.69, 9.17) is 4.74 Å². The molecule has 0 radical (unpaired) electrons. The highest BCUT2D eigenvalue weighted by Gasteiger charge is 2.33. The topological polar surface area (TPSA) is 64.6 Å². The van der Waals surface area contributed by atoms with E-state index in [1.807, 2.05) is 20.8 Å². The van der Waals surface area contributed by atoms with Crippen molar-refractivity contribution in [2.75, 3.05) is 20.8 Å². The fourth-order valence-electron chi connectivity index (χ4n) is 1.20. The van der Waals surface area contributed by atoms with Crippen LogP contribution >= 0.6 is 0 Å². The van der Waals surface area contributed by atoms with Gasteiger partial charge in [-0.05, 0) is 6.42 Å². The molecule has 0 aliphatic rings. The lowest BCUT2D eigenvalue weighted by molar-refractivity contribution is -0.130. The van der Waals surface area contributed by atoms with Crippen molar-refractivity contribution in [3.8, 4) is 0 Å². The van der Waals surface area contributed by atoms with Crippen molar-refractivity contribution in [1.29, 1.82) is 0 Å². The first-order valence-corrected chi connectivity index (χ1v) is 5.26. The van der Waals surface area contributed by atoms with Crippen LogP contribution in [0.25, 0.3) is 0 Å². The highest BCUT2D eigenvalue weighted by Crippen LogP contribution is 2.22. The van der Waals surface area contributed by atoms with Crippen LogP contribution in [0.4, 0.5) is 4.79 Å². The summed E-state index contributed by atoms with van der Waals surface area (Å²) in [7, 11) is 2.74. The molecule has 0 spiro atoms.